The van der Waals surface area contributed by atoms with Crippen molar-refractivity contribution in [1.29, 1.82) is 0 Å². The molecule has 0 spiro atoms. The Labute approximate surface area is 187 Å². The fourth-order valence-corrected chi connectivity index (χ4v) is 2.79. The molecule has 0 saturated carbocycles. The van der Waals surface area contributed by atoms with Gasteiger partial charge in [-0.05, 0) is 78.2 Å². The van der Waals surface area contributed by atoms with E-state index in [4.69, 9.17) is 21.1 Å². The zero-order valence-electron chi connectivity index (χ0n) is 17.4. The number of carbonyl (C=O) groups is 1. The second kappa shape index (κ2) is 11.8. The van der Waals surface area contributed by atoms with Crippen LogP contribution in [-0.2, 0) is 6.61 Å². The van der Waals surface area contributed by atoms with Crippen molar-refractivity contribution < 1.29 is 14.3 Å². The topological polar surface area (TPSA) is 59.9 Å². The van der Waals surface area contributed by atoms with E-state index in [1.807, 2.05) is 48.5 Å². The molecule has 0 aromatic heterocycles. The highest BCUT2D eigenvalue weighted by atomic mass is 35.5. The van der Waals surface area contributed by atoms with Gasteiger partial charge < -0.3 is 9.47 Å². The maximum absolute atomic E-state index is 12.2. The molecule has 1 amide bonds. The highest BCUT2D eigenvalue weighted by Gasteiger charge is 2.04. The van der Waals surface area contributed by atoms with Crippen molar-refractivity contribution in [1.82, 2.24) is 5.43 Å². The molecule has 0 fully saturated rings. The predicted molar refractivity (Wildman–Crippen MR) is 124 cm³/mol. The van der Waals surface area contributed by atoms with E-state index in [9.17, 15) is 4.79 Å². The number of benzene rings is 3. The van der Waals surface area contributed by atoms with Gasteiger partial charge in [-0.1, -0.05) is 37.1 Å². The van der Waals surface area contributed by atoms with Crippen LogP contribution in [0, 0.1) is 0 Å². The lowest BCUT2D eigenvalue weighted by molar-refractivity contribution is 0.0955. The first-order chi connectivity index (χ1) is 15.1. The molecule has 160 valence electrons. The van der Waals surface area contributed by atoms with Gasteiger partial charge in [-0.3, -0.25) is 4.79 Å². The van der Waals surface area contributed by atoms with Crippen molar-refractivity contribution in [3.05, 3.63) is 94.5 Å². The molecule has 0 atom stereocenters. The van der Waals surface area contributed by atoms with E-state index in [1.165, 1.54) is 0 Å². The summed E-state index contributed by atoms with van der Waals surface area (Å²) in [6.07, 6.45) is 3.67. The van der Waals surface area contributed by atoms with Crippen LogP contribution in [0.3, 0.4) is 0 Å². The highest BCUT2D eigenvalue weighted by molar-refractivity contribution is 6.30. The molecule has 0 bridgehead atoms. The Morgan fingerprint density at radius 2 is 1.58 bits per heavy atom. The second-order valence-corrected chi connectivity index (χ2v) is 7.35. The standard InChI is InChI=1S/C25H25ClN2O3/c1-2-3-16-30-23-14-8-21(9-15-23)25(29)28-27-17-19-6-12-24(13-7-19)31-18-20-4-10-22(26)11-5-20/h4-15,17H,2-3,16,18H2,1H3,(H,28,29). The molecular formula is C25H25ClN2O3. The minimum atomic E-state index is -0.278. The molecule has 3 aromatic rings. The Hall–Kier alpha value is -3.31. The number of unbranched alkanes of at least 4 members (excludes halogenated alkanes) is 1. The van der Waals surface area contributed by atoms with Gasteiger partial charge in [0.1, 0.15) is 18.1 Å². The van der Waals surface area contributed by atoms with Gasteiger partial charge in [-0.15, -0.1) is 0 Å². The van der Waals surface area contributed by atoms with Crippen molar-refractivity contribution in [3.8, 4) is 11.5 Å². The zero-order chi connectivity index (χ0) is 21.9. The normalized spacial score (nSPS) is 10.8. The Kier molecular flexibility index (Phi) is 8.49. The molecule has 0 radical (unpaired) electrons. The van der Waals surface area contributed by atoms with E-state index >= 15 is 0 Å². The van der Waals surface area contributed by atoms with Crippen molar-refractivity contribution in [2.45, 2.75) is 26.4 Å². The average Bonchev–Trinajstić information content (AvgIpc) is 2.80. The summed E-state index contributed by atoms with van der Waals surface area (Å²) in [5, 5.41) is 4.73. The second-order valence-electron chi connectivity index (χ2n) is 6.91. The lowest BCUT2D eigenvalue weighted by atomic mass is 10.2. The molecule has 0 saturated heterocycles. The van der Waals surface area contributed by atoms with Crippen molar-refractivity contribution >= 4 is 23.7 Å². The smallest absolute Gasteiger partial charge is 0.271 e. The molecule has 0 aliphatic rings. The summed E-state index contributed by atoms with van der Waals surface area (Å²) in [6, 6.07) is 22.0. The Morgan fingerprint density at radius 1 is 0.935 bits per heavy atom. The highest BCUT2D eigenvalue weighted by Crippen LogP contribution is 2.15. The van der Waals surface area contributed by atoms with Gasteiger partial charge in [0.15, 0.2) is 0 Å². The molecule has 3 aromatic carbocycles. The van der Waals surface area contributed by atoms with E-state index in [0.29, 0.717) is 23.8 Å². The number of carbonyl (C=O) groups excluding carboxylic acids is 1. The van der Waals surface area contributed by atoms with Gasteiger partial charge in [0.05, 0.1) is 12.8 Å². The van der Waals surface area contributed by atoms with E-state index in [2.05, 4.69) is 17.5 Å². The van der Waals surface area contributed by atoms with Crippen molar-refractivity contribution in [3.63, 3.8) is 0 Å². The van der Waals surface area contributed by atoms with E-state index in [1.54, 1.807) is 30.5 Å². The number of hydrogen-bond donors (Lipinski definition) is 1. The number of amides is 1. The van der Waals surface area contributed by atoms with Crippen LogP contribution >= 0.6 is 11.6 Å². The van der Waals surface area contributed by atoms with Gasteiger partial charge >= 0.3 is 0 Å². The number of nitrogens with zero attached hydrogens (tertiary/aromatic N) is 1. The molecule has 3 rings (SSSR count). The maximum atomic E-state index is 12.2. The molecule has 6 heteroatoms. The van der Waals surface area contributed by atoms with Crippen LogP contribution in [0.2, 0.25) is 5.02 Å². The summed E-state index contributed by atoms with van der Waals surface area (Å²) in [4.78, 5) is 12.2. The zero-order valence-corrected chi connectivity index (χ0v) is 18.1. The van der Waals surface area contributed by atoms with Crippen LogP contribution in [0.1, 0.15) is 41.3 Å². The average molecular weight is 437 g/mol. The molecule has 0 aliphatic carbocycles. The molecule has 31 heavy (non-hydrogen) atoms. The molecule has 5 nitrogen and oxygen atoms in total. The monoisotopic (exact) mass is 436 g/mol. The summed E-state index contributed by atoms with van der Waals surface area (Å²) in [7, 11) is 0. The third kappa shape index (κ3) is 7.46. The van der Waals surface area contributed by atoms with Crippen LogP contribution in [-0.4, -0.2) is 18.7 Å². The number of nitrogens with one attached hydrogen (secondary N) is 1. The Bertz CT molecular complexity index is 985. The number of ether oxygens (including phenoxy) is 2. The van der Waals surface area contributed by atoms with Crippen LogP contribution in [0.15, 0.2) is 77.9 Å². The van der Waals surface area contributed by atoms with E-state index < -0.39 is 0 Å². The first kappa shape index (κ1) is 22.4. The summed E-state index contributed by atoms with van der Waals surface area (Å²) in [6.45, 7) is 3.25. The quantitative estimate of drug-likeness (QED) is 0.246. The predicted octanol–water partition coefficient (Wildman–Crippen LogP) is 5.86. The molecule has 0 unspecified atom stereocenters. The number of halogens is 1. The van der Waals surface area contributed by atoms with Gasteiger partial charge in [-0.25, -0.2) is 5.43 Å². The molecular weight excluding hydrogens is 412 g/mol. The van der Waals surface area contributed by atoms with E-state index in [0.717, 1.165) is 35.5 Å². The largest absolute Gasteiger partial charge is 0.494 e. The van der Waals surface area contributed by atoms with Gasteiger partial charge in [-0.2, -0.15) is 5.10 Å². The minimum Gasteiger partial charge on any atom is -0.494 e. The summed E-state index contributed by atoms with van der Waals surface area (Å²) < 4.78 is 11.4. The summed E-state index contributed by atoms with van der Waals surface area (Å²) >= 11 is 5.89. The third-order valence-corrected chi connectivity index (χ3v) is 4.71. The van der Waals surface area contributed by atoms with Crippen LogP contribution in [0.4, 0.5) is 0 Å². The van der Waals surface area contributed by atoms with Gasteiger partial charge in [0.25, 0.3) is 5.91 Å². The first-order valence-electron chi connectivity index (χ1n) is 10.2. The maximum Gasteiger partial charge on any atom is 0.271 e. The minimum absolute atomic E-state index is 0.278. The molecule has 0 heterocycles. The number of hydrogen-bond acceptors (Lipinski definition) is 4. The van der Waals surface area contributed by atoms with Crippen LogP contribution in [0.5, 0.6) is 11.5 Å². The van der Waals surface area contributed by atoms with Crippen LogP contribution in [0.25, 0.3) is 0 Å². The van der Waals surface area contributed by atoms with Crippen molar-refractivity contribution in [2.75, 3.05) is 6.61 Å². The summed E-state index contributed by atoms with van der Waals surface area (Å²) in [5.74, 6) is 1.23. The lowest BCUT2D eigenvalue weighted by Crippen LogP contribution is -2.17. The molecule has 1 N–H and O–H groups in total. The van der Waals surface area contributed by atoms with Gasteiger partial charge in [0, 0.05) is 10.6 Å². The van der Waals surface area contributed by atoms with Crippen LogP contribution < -0.4 is 14.9 Å². The van der Waals surface area contributed by atoms with Crippen molar-refractivity contribution in [2.24, 2.45) is 5.10 Å². The first-order valence-corrected chi connectivity index (χ1v) is 10.6. The van der Waals surface area contributed by atoms with E-state index in [-0.39, 0.29) is 5.91 Å². The third-order valence-electron chi connectivity index (χ3n) is 4.46. The van der Waals surface area contributed by atoms with Gasteiger partial charge in [0.2, 0.25) is 0 Å². The Balaban J connectivity index is 1.45. The Morgan fingerprint density at radius 3 is 2.26 bits per heavy atom. The summed E-state index contributed by atoms with van der Waals surface area (Å²) in [5.41, 5.74) is 4.94. The molecule has 0 aliphatic heterocycles. The fraction of sp³-hybridized carbons (Fsp3) is 0.200. The number of hydrazone groups is 1. The number of rotatable bonds is 10. The fourth-order valence-electron chi connectivity index (χ4n) is 2.66. The lowest BCUT2D eigenvalue weighted by Gasteiger charge is -2.07. The SMILES string of the molecule is CCCCOc1ccc(C(=O)NN=Cc2ccc(OCc3ccc(Cl)cc3)cc2)cc1.